The highest BCUT2D eigenvalue weighted by Crippen LogP contribution is 2.26. The third-order valence-electron chi connectivity index (χ3n) is 5.43. The molecule has 0 radical (unpaired) electrons. The molecule has 0 saturated heterocycles. The molecule has 0 unspecified atom stereocenters. The van der Waals surface area contributed by atoms with Crippen molar-refractivity contribution in [3.63, 3.8) is 0 Å². The number of nitrogens with two attached hydrogens (primary N) is 1. The third kappa shape index (κ3) is 6.23. The molecule has 0 aliphatic heterocycles. The van der Waals surface area contributed by atoms with Crippen LogP contribution in [0, 0.1) is 5.92 Å². The maximum atomic E-state index is 12.7. The molecule has 2 amide bonds. The van der Waals surface area contributed by atoms with Gasteiger partial charge in [-0.05, 0) is 51.0 Å². The molecule has 0 heterocycles. The summed E-state index contributed by atoms with van der Waals surface area (Å²) in [6, 6.07) is 9.56. The average molecular weight is 390 g/mol. The van der Waals surface area contributed by atoms with Crippen molar-refractivity contribution in [1.82, 2.24) is 10.2 Å². The molecule has 2 rings (SSSR count). The number of nitrogens with one attached hydrogen (secondary N) is 1. The van der Waals surface area contributed by atoms with Crippen LogP contribution in [0.2, 0.25) is 0 Å². The Balaban J connectivity index is 1.86. The summed E-state index contributed by atoms with van der Waals surface area (Å²) in [5.74, 6) is 0.0357. The molecule has 1 fully saturated rings. The molecular formula is C22H35N3O3. The van der Waals surface area contributed by atoms with Crippen LogP contribution in [0.5, 0.6) is 0 Å². The number of hydrogen-bond donors (Lipinski definition) is 2. The predicted molar refractivity (Wildman–Crippen MR) is 111 cm³/mol. The number of carbonyl (C=O) groups excluding carboxylic acids is 2. The van der Waals surface area contributed by atoms with E-state index >= 15 is 0 Å². The molecule has 1 aliphatic carbocycles. The zero-order valence-electron chi connectivity index (χ0n) is 17.6. The van der Waals surface area contributed by atoms with E-state index in [0.29, 0.717) is 0 Å². The molecule has 1 aromatic rings. The molecule has 6 nitrogen and oxygen atoms in total. The Morgan fingerprint density at radius 2 is 1.71 bits per heavy atom. The number of hydrogen-bond acceptors (Lipinski definition) is 4. The lowest BCUT2D eigenvalue weighted by atomic mass is 9.89. The van der Waals surface area contributed by atoms with Crippen LogP contribution in [0.15, 0.2) is 30.3 Å². The summed E-state index contributed by atoms with van der Waals surface area (Å²) in [7, 11) is 0. The van der Waals surface area contributed by atoms with E-state index < -0.39 is 6.04 Å². The van der Waals surface area contributed by atoms with Gasteiger partial charge in [0.2, 0.25) is 5.91 Å². The first-order valence-electron chi connectivity index (χ1n) is 10.3. The van der Waals surface area contributed by atoms with E-state index in [1.807, 2.05) is 62.9 Å². The zero-order valence-corrected chi connectivity index (χ0v) is 17.6. The standard InChI is InChI=1S/C22H35N3O3/c1-15(2)20(23)21(26)24-18-10-12-19(13-11-18)25(16(3)4)22(27)28-14-17-8-6-5-7-9-17/h5-9,15-16,18-20H,10-14,23H2,1-4H3,(H,24,26)/t18?,19?,20-/m0/s1. The molecule has 3 N–H and O–H groups in total. The molecule has 1 aliphatic rings. The van der Waals surface area contributed by atoms with E-state index in [1.54, 1.807) is 0 Å². The van der Waals surface area contributed by atoms with Gasteiger partial charge in [-0.25, -0.2) is 4.79 Å². The quantitative estimate of drug-likeness (QED) is 0.748. The van der Waals surface area contributed by atoms with Gasteiger partial charge in [0.25, 0.3) is 0 Å². The van der Waals surface area contributed by atoms with Crippen LogP contribution in [0.1, 0.15) is 58.9 Å². The first kappa shape index (κ1) is 22.2. The fraction of sp³-hybridized carbons (Fsp3) is 0.636. The van der Waals surface area contributed by atoms with Crippen molar-refractivity contribution in [3.8, 4) is 0 Å². The van der Waals surface area contributed by atoms with E-state index in [1.165, 1.54) is 0 Å². The number of ether oxygens (including phenoxy) is 1. The number of carbonyl (C=O) groups is 2. The van der Waals surface area contributed by atoms with Gasteiger partial charge >= 0.3 is 6.09 Å². The average Bonchev–Trinajstić information content (AvgIpc) is 2.67. The minimum absolute atomic E-state index is 0.0637. The Morgan fingerprint density at radius 3 is 2.25 bits per heavy atom. The van der Waals surface area contributed by atoms with Crippen LogP contribution in [0.3, 0.4) is 0 Å². The summed E-state index contributed by atoms with van der Waals surface area (Å²) in [4.78, 5) is 26.7. The molecule has 0 aromatic heterocycles. The smallest absolute Gasteiger partial charge is 0.410 e. The molecule has 28 heavy (non-hydrogen) atoms. The highest BCUT2D eigenvalue weighted by Gasteiger charge is 2.32. The molecule has 6 heteroatoms. The molecule has 1 aromatic carbocycles. The topological polar surface area (TPSA) is 84.7 Å². The van der Waals surface area contributed by atoms with Crippen molar-refractivity contribution in [2.24, 2.45) is 11.7 Å². The Bertz CT molecular complexity index is 625. The molecule has 156 valence electrons. The van der Waals surface area contributed by atoms with Gasteiger partial charge in [-0.1, -0.05) is 44.2 Å². The number of nitrogens with zero attached hydrogens (tertiary/aromatic N) is 1. The Kier molecular flexibility index (Phi) is 8.30. The third-order valence-corrected chi connectivity index (χ3v) is 5.43. The lowest BCUT2D eigenvalue weighted by molar-refractivity contribution is -0.124. The van der Waals surface area contributed by atoms with E-state index in [4.69, 9.17) is 10.5 Å². The van der Waals surface area contributed by atoms with Crippen molar-refractivity contribution >= 4 is 12.0 Å². The van der Waals surface area contributed by atoms with Gasteiger partial charge in [-0.2, -0.15) is 0 Å². The molecule has 1 atom stereocenters. The molecular weight excluding hydrogens is 354 g/mol. The minimum Gasteiger partial charge on any atom is -0.445 e. The van der Waals surface area contributed by atoms with Crippen LogP contribution < -0.4 is 11.1 Å². The second-order valence-corrected chi connectivity index (χ2v) is 8.33. The van der Waals surface area contributed by atoms with Crippen molar-refractivity contribution in [3.05, 3.63) is 35.9 Å². The highest BCUT2D eigenvalue weighted by molar-refractivity contribution is 5.82. The summed E-state index contributed by atoms with van der Waals surface area (Å²) < 4.78 is 5.55. The predicted octanol–water partition coefficient (Wildman–Crippen LogP) is 3.44. The summed E-state index contributed by atoms with van der Waals surface area (Å²) >= 11 is 0. The normalized spacial score (nSPS) is 20.7. The Morgan fingerprint density at radius 1 is 1.11 bits per heavy atom. The van der Waals surface area contributed by atoms with Crippen LogP contribution in [-0.4, -0.2) is 41.1 Å². The zero-order chi connectivity index (χ0) is 20.7. The van der Waals surface area contributed by atoms with Gasteiger partial charge in [-0.15, -0.1) is 0 Å². The maximum absolute atomic E-state index is 12.7. The van der Waals surface area contributed by atoms with Gasteiger partial charge in [0.15, 0.2) is 0 Å². The second kappa shape index (κ2) is 10.5. The van der Waals surface area contributed by atoms with Gasteiger partial charge in [-0.3, -0.25) is 4.79 Å². The summed E-state index contributed by atoms with van der Waals surface area (Å²) in [5, 5.41) is 3.07. The van der Waals surface area contributed by atoms with Crippen LogP contribution in [0.25, 0.3) is 0 Å². The fourth-order valence-electron chi connectivity index (χ4n) is 3.67. The van der Waals surface area contributed by atoms with Crippen molar-refractivity contribution < 1.29 is 14.3 Å². The minimum atomic E-state index is -0.474. The Labute approximate surface area is 168 Å². The highest BCUT2D eigenvalue weighted by atomic mass is 16.6. The summed E-state index contributed by atoms with van der Waals surface area (Å²) in [6.07, 6.45) is 3.11. The van der Waals surface area contributed by atoms with Crippen molar-refractivity contribution in [2.75, 3.05) is 0 Å². The van der Waals surface area contributed by atoms with E-state index in [9.17, 15) is 9.59 Å². The fourth-order valence-corrected chi connectivity index (χ4v) is 3.67. The van der Waals surface area contributed by atoms with Gasteiger partial charge in [0.1, 0.15) is 6.61 Å². The van der Waals surface area contributed by atoms with Crippen LogP contribution >= 0.6 is 0 Å². The van der Waals surface area contributed by atoms with Crippen LogP contribution in [-0.2, 0) is 16.1 Å². The van der Waals surface area contributed by atoms with Crippen molar-refractivity contribution in [1.29, 1.82) is 0 Å². The van der Waals surface area contributed by atoms with E-state index in [0.717, 1.165) is 31.2 Å². The lowest BCUT2D eigenvalue weighted by Crippen LogP contribution is -2.51. The molecule has 0 spiro atoms. The first-order valence-corrected chi connectivity index (χ1v) is 10.3. The molecule has 1 saturated carbocycles. The Hall–Kier alpha value is -2.08. The monoisotopic (exact) mass is 389 g/mol. The SMILES string of the molecule is CC(C)[C@H](N)C(=O)NC1CCC(N(C(=O)OCc2ccccc2)C(C)C)CC1. The first-order chi connectivity index (χ1) is 13.3. The molecule has 0 bridgehead atoms. The largest absolute Gasteiger partial charge is 0.445 e. The van der Waals surface area contributed by atoms with Crippen LogP contribution in [0.4, 0.5) is 4.79 Å². The maximum Gasteiger partial charge on any atom is 0.410 e. The van der Waals surface area contributed by atoms with Gasteiger partial charge in [0, 0.05) is 18.1 Å². The summed E-state index contributed by atoms with van der Waals surface area (Å²) in [5.41, 5.74) is 6.91. The lowest BCUT2D eigenvalue weighted by Gasteiger charge is -2.39. The van der Waals surface area contributed by atoms with E-state index in [-0.39, 0.29) is 42.7 Å². The van der Waals surface area contributed by atoms with E-state index in [2.05, 4.69) is 5.32 Å². The second-order valence-electron chi connectivity index (χ2n) is 8.33. The number of benzene rings is 1. The summed E-state index contributed by atoms with van der Waals surface area (Å²) in [6.45, 7) is 8.20. The number of amides is 2. The van der Waals surface area contributed by atoms with Gasteiger partial charge < -0.3 is 20.7 Å². The number of rotatable bonds is 7. The van der Waals surface area contributed by atoms with Gasteiger partial charge in [0.05, 0.1) is 6.04 Å². The van der Waals surface area contributed by atoms with Crippen molar-refractivity contribution in [2.45, 2.75) is 84.2 Å².